The number of carbonyl (C=O) groups excluding carboxylic acids is 1. The first-order valence-electron chi connectivity index (χ1n) is 13.2. The third kappa shape index (κ3) is 6.64. The first kappa shape index (κ1) is 28.1. The van der Waals surface area contributed by atoms with E-state index in [0.29, 0.717) is 19.0 Å². The summed E-state index contributed by atoms with van der Waals surface area (Å²) >= 11 is 3.43. The van der Waals surface area contributed by atoms with Crippen molar-refractivity contribution in [3.63, 3.8) is 0 Å². The van der Waals surface area contributed by atoms with Crippen LogP contribution in [0.2, 0.25) is 0 Å². The van der Waals surface area contributed by atoms with E-state index < -0.39 is 4.87 Å². The molecule has 2 saturated heterocycles. The van der Waals surface area contributed by atoms with E-state index in [0.717, 1.165) is 29.8 Å². The van der Waals surface area contributed by atoms with E-state index in [1.54, 1.807) is 30.6 Å². The monoisotopic (exact) mass is 564 g/mol. The molecule has 3 unspecified atom stereocenters. The summed E-state index contributed by atoms with van der Waals surface area (Å²) in [4.78, 5) is 16.9. The number of carbonyl (C=O) groups is 1. The molecule has 0 spiro atoms. The molecule has 0 radical (unpaired) electrons. The lowest BCUT2D eigenvalue weighted by Crippen LogP contribution is -2.55. The van der Waals surface area contributed by atoms with Gasteiger partial charge in [0.25, 0.3) is 0 Å². The van der Waals surface area contributed by atoms with Crippen LogP contribution < -0.4 is 4.74 Å². The van der Waals surface area contributed by atoms with Crippen molar-refractivity contribution in [2.75, 3.05) is 40.1 Å². The molecule has 2 heterocycles. The maximum Gasteiger partial charge on any atom is 0.233 e. The van der Waals surface area contributed by atoms with Gasteiger partial charge in [0.05, 0.1) is 30.7 Å². The molecule has 0 aliphatic carbocycles. The zero-order valence-corrected chi connectivity index (χ0v) is 24.3. The number of thioether (sulfide) groups is 2. The van der Waals surface area contributed by atoms with Crippen LogP contribution in [-0.4, -0.2) is 73.0 Å². The highest BCUT2D eigenvalue weighted by atomic mass is 32.2. The van der Waals surface area contributed by atoms with Crippen LogP contribution in [0.15, 0.2) is 84.9 Å². The van der Waals surface area contributed by atoms with E-state index in [9.17, 15) is 4.79 Å². The largest absolute Gasteiger partial charge is 0.497 e. The molecule has 0 N–H and O–H groups in total. The number of benzene rings is 3. The normalized spacial score (nSPS) is 25.0. The topological polar surface area (TPSA) is 54.5 Å². The maximum atomic E-state index is 13.4. The van der Waals surface area contributed by atoms with Crippen LogP contribution in [0.3, 0.4) is 0 Å². The number of hydrogen-bond acceptors (Lipinski definition) is 7. The molecule has 1 amide bonds. The van der Waals surface area contributed by atoms with Gasteiger partial charge in [-0.05, 0) is 42.3 Å². The van der Waals surface area contributed by atoms with Gasteiger partial charge in [-0.3, -0.25) is 9.69 Å². The van der Waals surface area contributed by atoms with Crippen molar-refractivity contribution < 1.29 is 19.0 Å². The Hall–Kier alpha value is -2.49. The highest BCUT2D eigenvalue weighted by molar-refractivity contribution is 8.17. The van der Waals surface area contributed by atoms with Gasteiger partial charge in [-0.25, -0.2) is 0 Å². The Morgan fingerprint density at radius 1 is 1.00 bits per heavy atom. The molecule has 3 aromatic rings. The minimum absolute atomic E-state index is 0.0459. The fourth-order valence-electron chi connectivity index (χ4n) is 4.89. The van der Waals surface area contributed by atoms with Gasteiger partial charge in [0.1, 0.15) is 23.0 Å². The second-order valence-electron chi connectivity index (χ2n) is 9.97. The third-order valence-corrected chi connectivity index (χ3v) is 10.6. The van der Waals surface area contributed by atoms with Crippen LogP contribution in [0.4, 0.5) is 0 Å². The van der Waals surface area contributed by atoms with E-state index in [4.69, 9.17) is 14.2 Å². The first-order valence-corrected chi connectivity index (χ1v) is 15.1. The van der Waals surface area contributed by atoms with Crippen LogP contribution in [-0.2, 0) is 27.3 Å². The Labute approximate surface area is 240 Å². The molecule has 5 rings (SSSR count). The van der Waals surface area contributed by atoms with E-state index in [1.807, 2.05) is 48.3 Å². The number of methoxy groups -OCH3 is 1. The smallest absolute Gasteiger partial charge is 0.233 e. The lowest BCUT2D eigenvalue weighted by atomic mass is 10.1. The Morgan fingerprint density at radius 2 is 1.67 bits per heavy atom. The zero-order chi connectivity index (χ0) is 27.2. The predicted octanol–water partition coefficient (Wildman–Crippen LogP) is 5.44. The summed E-state index contributed by atoms with van der Waals surface area (Å²) in [5.41, 5.74) is 3.56. The number of epoxide rings is 1. The Bertz CT molecular complexity index is 1210. The molecule has 8 heteroatoms. The molecule has 2 aliphatic heterocycles. The van der Waals surface area contributed by atoms with Crippen LogP contribution in [0, 0.1) is 0 Å². The van der Waals surface area contributed by atoms with Crippen molar-refractivity contribution in [1.29, 1.82) is 0 Å². The van der Waals surface area contributed by atoms with Gasteiger partial charge in [0.2, 0.25) is 5.91 Å². The molecule has 2 fully saturated rings. The van der Waals surface area contributed by atoms with Crippen LogP contribution >= 0.6 is 23.5 Å². The molecule has 0 aromatic heterocycles. The summed E-state index contributed by atoms with van der Waals surface area (Å²) in [6.07, 6.45) is 0.678. The van der Waals surface area contributed by atoms with Crippen molar-refractivity contribution in [3.05, 3.63) is 102 Å². The fourth-order valence-corrected chi connectivity index (χ4v) is 8.08. The molecular formula is C31H36N2O4S2. The lowest BCUT2D eigenvalue weighted by molar-refractivity contribution is -0.132. The van der Waals surface area contributed by atoms with Crippen molar-refractivity contribution in [3.8, 4) is 5.75 Å². The molecule has 39 heavy (non-hydrogen) atoms. The minimum atomic E-state index is -0.675. The number of hydrogen-bond donors (Lipinski definition) is 0. The molecular weight excluding hydrogens is 528 g/mol. The van der Waals surface area contributed by atoms with Gasteiger partial charge in [0, 0.05) is 13.6 Å². The van der Waals surface area contributed by atoms with Gasteiger partial charge in [-0.2, -0.15) is 0 Å². The summed E-state index contributed by atoms with van der Waals surface area (Å²) in [5, 5.41) is 0. The molecule has 206 valence electrons. The van der Waals surface area contributed by atoms with Gasteiger partial charge < -0.3 is 19.1 Å². The second kappa shape index (κ2) is 12.8. The molecule has 6 nitrogen and oxygen atoms in total. The maximum absolute atomic E-state index is 13.4. The first-order chi connectivity index (χ1) is 19.0. The number of nitrogens with zero attached hydrogens (tertiary/aromatic N) is 2. The van der Waals surface area contributed by atoms with E-state index >= 15 is 0 Å². The summed E-state index contributed by atoms with van der Waals surface area (Å²) < 4.78 is 18.2. The van der Waals surface area contributed by atoms with Crippen LogP contribution in [0.1, 0.15) is 21.3 Å². The van der Waals surface area contributed by atoms with Crippen LogP contribution in [0.5, 0.6) is 5.75 Å². The molecule has 0 saturated carbocycles. The average molecular weight is 565 g/mol. The average Bonchev–Trinajstić information content (AvgIpc) is 3.80. The van der Waals surface area contributed by atoms with Gasteiger partial charge in [-0.1, -0.05) is 72.8 Å². The predicted molar refractivity (Wildman–Crippen MR) is 159 cm³/mol. The highest BCUT2D eigenvalue weighted by Gasteiger charge is 2.61. The molecule has 0 bridgehead atoms. The number of amides is 1. The number of ether oxygens (including phenoxy) is 3. The lowest BCUT2D eigenvalue weighted by Gasteiger charge is -2.40. The summed E-state index contributed by atoms with van der Waals surface area (Å²) in [6.45, 7) is 1.72. The standard InChI is InChI=1S/C31H36N2O4S2/c1-32(19-18-23-10-6-4-7-11-23)29-28(37-29)31(22-36-20-24-12-8-5-9-13-24)33(2)27(34)21-38-30(39-31)25-14-16-26(35-3)17-15-25/h4-17,28-30H,18-22H2,1-3H3/t28?,29?,30?,31-/m0/s1. The van der Waals surface area contributed by atoms with Gasteiger partial charge in [-0.15, -0.1) is 23.5 Å². The third-order valence-electron chi connectivity index (χ3n) is 7.36. The van der Waals surface area contributed by atoms with Crippen molar-refractivity contribution >= 4 is 29.4 Å². The van der Waals surface area contributed by atoms with E-state index in [2.05, 4.69) is 60.5 Å². The van der Waals surface area contributed by atoms with Crippen molar-refractivity contribution in [2.24, 2.45) is 0 Å². The zero-order valence-electron chi connectivity index (χ0n) is 22.7. The summed E-state index contributed by atoms with van der Waals surface area (Å²) in [6, 6.07) is 28.8. The SMILES string of the molecule is COc1ccc(C2SCC(=O)N(C)[C@](COCc3ccccc3)(C3OC3N(C)CCc3ccccc3)S2)cc1. The summed E-state index contributed by atoms with van der Waals surface area (Å²) in [5.74, 6) is 1.31. The van der Waals surface area contributed by atoms with E-state index in [-0.39, 0.29) is 22.8 Å². The Kier molecular flexibility index (Phi) is 9.20. The van der Waals surface area contributed by atoms with E-state index in [1.165, 1.54) is 5.56 Å². The molecule has 3 aromatic carbocycles. The molecule has 2 aliphatic rings. The highest BCUT2D eigenvalue weighted by Crippen LogP contribution is 2.55. The Balaban J connectivity index is 1.38. The Morgan fingerprint density at radius 3 is 2.33 bits per heavy atom. The fraction of sp³-hybridized carbons (Fsp3) is 0.387. The van der Waals surface area contributed by atoms with Crippen molar-refractivity contribution in [2.45, 2.75) is 34.8 Å². The van der Waals surface area contributed by atoms with Gasteiger partial charge >= 0.3 is 0 Å². The molecule has 4 atom stereocenters. The number of likely N-dealkylation sites (N-methyl/N-ethyl adjacent to an activating group) is 2. The van der Waals surface area contributed by atoms with Crippen LogP contribution in [0.25, 0.3) is 0 Å². The number of rotatable bonds is 11. The van der Waals surface area contributed by atoms with Crippen molar-refractivity contribution in [1.82, 2.24) is 9.80 Å². The van der Waals surface area contributed by atoms with Gasteiger partial charge in [0.15, 0.2) is 0 Å². The summed E-state index contributed by atoms with van der Waals surface area (Å²) in [7, 11) is 5.68. The minimum Gasteiger partial charge on any atom is -0.497 e. The second-order valence-corrected chi connectivity index (χ2v) is 12.8. The quantitative estimate of drug-likeness (QED) is 0.287.